The Labute approximate surface area is 72.7 Å². The normalized spacial score (nSPS) is 12.1. The van der Waals surface area contributed by atoms with Crippen LogP contribution < -0.4 is 0 Å². The largest absolute Gasteiger partial charge is 0.106 e. The van der Waals surface area contributed by atoms with Crippen molar-refractivity contribution in [3.63, 3.8) is 0 Å². The fraction of sp³-hybridized carbons (Fsp3) is 0.818. The van der Waals surface area contributed by atoms with E-state index in [1.54, 1.807) is 0 Å². The molecule has 0 aliphatic rings. The average Bonchev–Trinajstić information content (AvgIpc) is 2.04. The first-order chi connectivity index (χ1) is 5.16. The van der Waals surface area contributed by atoms with E-state index >= 15 is 0 Å². The van der Waals surface area contributed by atoms with Crippen molar-refractivity contribution >= 4 is 0 Å². The summed E-state index contributed by atoms with van der Waals surface area (Å²) in [6, 6.07) is 0. The molecule has 1 atom stereocenters. The molecular formula is C11H24. The molecule has 0 rings (SSSR count). The molecule has 0 bridgehead atoms. The predicted octanol–water partition coefficient (Wildman–Crippen LogP) is 4.27. The summed E-state index contributed by atoms with van der Waals surface area (Å²) in [5.41, 5.74) is 0. The quantitative estimate of drug-likeness (QED) is 0.533. The minimum absolute atomic E-state index is 0.888. The molecule has 0 saturated carbocycles. The van der Waals surface area contributed by atoms with E-state index in [0.29, 0.717) is 0 Å². The fourth-order valence-corrected chi connectivity index (χ4v) is 0.822. The SMILES string of the molecule is C=C.CCC(C)CCC(C)C. The van der Waals surface area contributed by atoms with E-state index in [9.17, 15) is 0 Å². The molecule has 1 unspecified atom stereocenters. The Morgan fingerprint density at radius 3 is 1.73 bits per heavy atom. The summed E-state index contributed by atoms with van der Waals surface area (Å²) < 4.78 is 0. The first kappa shape index (κ1) is 13.3. The van der Waals surface area contributed by atoms with Crippen molar-refractivity contribution < 1.29 is 0 Å². The van der Waals surface area contributed by atoms with Gasteiger partial charge in [0.05, 0.1) is 0 Å². The lowest BCUT2D eigenvalue weighted by Crippen LogP contribution is -1.95. The highest BCUT2D eigenvalue weighted by atomic mass is 14.1. The van der Waals surface area contributed by atoms with Crippen molar-refractivity contribution in [3.8, 4) is 0 Å². The van der Waals surface area contributed by atoms with Gasteiger partial charge in [-0.1, -0.05) is 47.0 Å². The molecule has 0 aromatic heterocycles. The van der Waals surface area contributed by atoms with Crippen LogP contribution in [0.4, 0.5) is 0 Å². The molecule has 0 heteroatoms. The second-order valence-electron chi connectivity index (χ2n) is 3.48. The highest BCUT2D eigenvalue weighted by Crippen LogP contribution is 2.13. The summed E-state index contributed by atoms with van der Waals surface area (Å²) in [6.45, 7) is 15.2. The number of rotatable bonds is 4. The lowest BCUT2D eigenvalue weighted by atomic mass is 9.98. The number of hydrogen-bond acceptors (Lipinski definition) is 0. The van der Waals surface area contributed by atoms with Crippen molar-refractivity contribution in [2.75, 3.05) is 0 Å². The fourth-order valence-electron chi connectivity index (χ4n) is 0.822. The van der Waals surface area contributed by atoms with E-state index in [4.69, 9.17) is 0 Å². The molecule has 0 spiro atoms. The molecule has 0 N–H and O–H groups in total. The van der Waals surface area contributed by atoms with Crippen molar-refractivity contribution in [1.29, 1.82) is 0 Å². The average molecular weight is 156 g/mol. The Morgan fingerprint density at radius 1 is 1.00 bits per heavy atom. The van der Waals surface area contributed by atoms with Gasteiger partial charge in [0.15, 0.2) is 0 Å². The topological polar surface area (TPSA) is 0 Å². The molecule has 0 nitrogen and oxygen atoms in total. The van der Waals surface area contributed by atoms with E-state index < -0.39 is 0 Å². The summed E-state index contributed by atoms with van der Waals surface area (Å²) in [5.74, 6) is 1.83. The van der Waals surface area contributed by atoms with Gasteiger partial charge in [0.2, 0.25) is 0 Å². The van der Waals surface area contributed by atoms with Gasteiger partial charge in [-0.15, -0.1) is 13.2 Å². The third-order valence-corrected chi connectivity index (χ3v) is 1.93. The third-order valence-electron chi connectivity index (χ3n) is 1.93. The molecule has 0 aromatic carbocycles. The summed E-state index contributed by atoms with van der Waals surface area (Å²) in [6.07, 6.45) is 4.15. The molecule has 0 fully saturated rings. The van der Waals surface area contributed by atoms with E-state index in [-0.39, 0.29) is 0 Å². The minimum atomic E-state index is 0.888. The molecule has 0 saturated heterocycles. The molecule has 0 radical (unpaired) electrons. The zero-order valence-corrected chi connectivity index (χ0v) is 8.69. The third kappa shape index (κ3) is 12.8. The number of hydrogen-bond donors (Lipinski definition) is 0. The highest BCUT2D eigenvalue weighted by molar-refractivity contribution is 4.52. The van der Waals surface area contributed by atoms with Gasteiger partial charge in [0, 0.05) is 0 Å². The van der Waals surface area contributed by atoms with Gasteiger partial charge in [-0.2, -0.15) is 0 Å². The molecule has 0 aliphatic carbocycles. The van der Waals surface area contributed by atoms with Crippen molar-refractivity contribution in [2.24, 2.45) is 11.8 Å². The van der Waals surface area contributed by atoms with Crippen LogP contribution in [0.15, 0.2) is 13.2 Å². The van der Waals surface area contributed by atoms with E-state index in [2.05, 4.69) is 40.9 Å². The Hall–Kier alpha value is -0.260. The Kier molecular flexibility index (Phi) is 11.8. The summed E-state index contributed by atoms with van der Waals surface area (Å²) >= 11 is 0. The van der Waals surface area contributed by atoms with Crippen molar-refractivity contribution in [1.82, 2.24) is 0 Å². The van der Waals surface area contributed by atoms with Crippen LogP contribution >= 0.6 is 0 Å². The van der Waals surface area contributed by atoms with Gasteiger partial charge in [0.25, 0.3) is 0 Å². The van der Waals surface area contributed by atoms with E-state index in [1.807, 2.05) is 0 Å². The molecule has 0 heterocycles. The van der Waals surface area contributed by atoms with Gasteiger partial charge in [-0.25, -0.2) is 0 Å². The Morgan fingerprint density at radius 2 is 1.45 bits per heavy atom. The smallest absolute Gasteiger partial charge is 0.0445 e. The first-order valence-electron chi connectivity index (χ1n) is 4.66. The van der Waals surface area contributed by atoms with Crippen LogP contribution in [-0.2, 0) is 0 Å². The monoisotopic (exact) mass is 156 g/mol. The maximum Gasteiger partial charge on any atom is -0.0445 e. The molecule has 0 amide bonds. The van der Waals surface area contributed by atoms with Gasteiger partial charge in [-0.3, -0.25) is 0 Å². The van der Waals surface area contributed by atoms with Crippen LogP contribution in [0.2, 0.25) is 0 Å². The zero-order valence-electron chi connectivity index (χ0n) is 8.69. The van der Waals surface area contributed by atoms with Gasteiger partial charge < -0.3 is 0 Å². The summed E-state index contributed by atoms with van der Waals surface area (Å²) in [7, 11) is 0. The van der Waals surface area contributed by atoms with Gasteiger partial charge >= 0.3 is 0 Å². The van der Waals surface area contributed by atoms with Crippen molar-refractivity contribution in [2.45, 2.75) is 47.0 Å². The maximum absolute atomic E-state index is 3.00. The van der Waals surface area contributed by atoms with E-state index in [0.717, 1.165) is 11.8 Å². The van der Waals surface area contributed by atoms with Crippen LogP contribution in [-0.4, -0.2) is 0 Å². The van der Waals surface area contributed by atoms with Crippen LogP contribution in [0.1, 0.15) is 47.0 Å². The Bertz CT molecular complexity index is 64.4. The molecule has 0 aromatic rings. The van der Waals surface area contributed by atoms with Gasteiger partial charge in [0.1, 0.15) is 0 Å². The standard InChI is InChI=1S/C9H20.C2H4/c1-5-9(4)7-6-8(2)3;1-2/h8-9H,5-7H2,1-4H3;1-2H2. The summed E-state index contributed by atoms with van der Waals surface area (Å²) in [4.78, 5) is 0. The molecule has 68 valence electrons. The highest BCUT2D eigenvalue weighted by Gasteiger charge is 1.99. The van der Waals surface area contributed by atoms with Crippen LogP contribution in [0.25, 0.3) is 0 Å². The lowest BCUT2D eigenvalue weighted by Gasteiger charge is -2.09. The first-order valence-corrected chi connectivity index (χ1v) is 4.66. The second-order valence-corrected chi connectivity index (χ2v) is 3.48. The summed E-state index contributed by atoms with van der Waals surface area (Å²) in [5, 5.41) is 0. The van der Waals surface area contributed by atoms with Crippen molar-refractivity contribution in [3.05, 3.63) is 13.2 Å². The zero-order chi connectivity index (χ0) is 9.28. The molecular weight excluding hydrogens is 132 g/mol. The predicted molar refractivity (Wildman–Crippen MR) is 54.8 cm³/mol. The Balaban J connectivity index is 0. The van der Waals surface area contributed by atoms with Crippen LogP contribution in [0.5, 0.6) is 0 Å². The second kappa shape index (κ2) is 9.74. The van der Waals surface area contributed by atoms with Crippen LogP contribution in [0, 0.1) is 11.8 Å². The van der Waals surface area contributed by atoms with Gasteiger partial charge in [-0.05, 0) is 11.8 Å². The molecule has 0 aliphatic heterocycles. The van der Waals surface area contributed by atoms with E-state index in [1.165, 1.54) is 19.3 Å². The lowest BCUT2D eigenvalue weighted by molar-refractivity contribution is 0.441. The minimum Gasteiger partial charge on any atom is -0.106 e. The maximum atomic E-state index is 3.00. The van der Waals surface area contributed by atoms with Crippen LogP contribution in [0.3, 0.4) is 0 Å². The molecule has 11 heavy (non-hydrogen) atoms.